The monoisotopic (exact) mass is 222 g/mol. The molecule has 2 bridgehead atoms. The third-order valence-corrected chi connectivity index (χ3v) is 5.60. The Kier molecular flexibility index (Phi) is 2.38. The van der Waals surface area contributed by atoms with Crippen LogP contribution < -0.4 is 5.73 Å². The standard InChI is InChI=1S/C14H26N2/c1-13(2)5-6-16(10-13)14(9-15)8-11-3-4-12(14)7-11/h11-12H,3-10,15H2,1-2H3. The van der Waals surface area contributed by atoms with E-state index in [1.165, 1.54) is 45.2 Å². The minimum atomic E-state index is 0.399. The first-order chi connectivity index (χ1) is 7.56. The molecule has 3 fully saturated rings. The smallest absolute Gasteiger partial charge is 0.0362 e. The third-order valence-electron chi connectivity index (χ3n) is 5.60. The van der Waals surface area contributed by atoms with E-state index in [4.69, 9.17) is 5.73 Å². The molecule has 0 radical (unpaired) electrons. The zero-order chi connectivity index (χ0) is 11.4. The molecule has 3 unspecified atom stereocenters. The highest BCUT2D eigenvalue weighted by molar-refractivity contribution is 5.10. The largest absolute Gasteiger partial charge is 0.329 e. The lowest BCUT2D eigenvalue weighted by Gasteiger charge is -2.45. The van der Waals surface area contributed by atoms with Gasteiger partial charge in [-0.25, -0.2) is 0 Å². The first kappa shape index (κ1) is 11.0. The molecule has 0 spiro atoms. The highest BCUT2D eigenvalue weighted by Gasteiger charge is 2.54. The molecule has 2 saturated carbocycles. The Morgan fingerprint density at radius 1 is 1.31 bits per heavy atom. The van der Waals surface area contributed by atoms with Crippen molar-refractivity contribution >= 4 is 0 Å². The van der Waals surface area contributed by atoms with E-state index in [0.717, 1.165) is 18.4 Å². The minimum Gasteiger partial charge on any atom is -0.329 e. The van der Waals surface area contributed by atoms with Gasteiger partial charge in [0.2, 0.25) is 0 Å². The highest BCUT2D eigenvalue weighted by Crippen LogP contribution is 2.54. The fourth-order valence-corrected chi connectivity index (χ4v) is 4.67. The lowest BCUT2D eigenvalue weighted by molar-refractivity contribution is 0.0552. The molecule has 0 aromatic rings. The molecule has 2 aliphatic carbocycles. The maximum atomic E-state index is 6.18. The molecular formula is C14H26N2. The zero-order valence-corrected chi connectivity index (χ0v) is 10.8. The average Bonchev–Trinajstić information content (AvgIpc) is 2.90. The maximum absolute atomic E-state index is 6.18. The van der Waals surface area contributed by atoms with Gasteiger partial charge >= 0.3 is 0 Å². The summed E-state index contributed by atoms with van der Waals surface area (Å²) in [6.45, 7) is 8.26. The minimum absolute atomic E-state index is 0.399. The van der Waals surface area contributed by atoms with E-state index < -0.39 is 0 Å². The van der Waals surface area contributed by atoms with Crippen molar-refractivity contribution in [2.75, 3.05) is 19.6 Å². The van der Waals surface area contributed by atoms with E-state index >= 15 is 0 Å². The van der Waals surface area contributed by atoms with Crippen molar-refractivity contribution < 1.29 is 0 Å². The highest BCUT2D eigenvalue weighted by atomic mass is 15.2. The molecule has 1 heterocycles. The molecule has 92 valence electrons. The van der Waals surface area contributed by atoms with Crippen LogP contribution in [0, 0.1) is 17.3 Å². The molecule has 16 heavy (non-hydrogen) atoms. The van der Waals surface area contributed by atoms with Crippen molar-refractivity contribution in [1.29, 1.82) is 0 Å². The van der Waals surface area contributed by atoms with Crippen LogP contribution in [0.15, 0.2) is 0 Å². The first-order valence-corrected chi connectivity index (χ1v) is 7.01. The van der Waals surface area contributed by atoms with Crippen molar-refractivity contribution in [3.8, 4) is 0 Å². The second-order valence-corrected chi connectivity index (χ2v) is 7.22. The summed E-state index contributed by atoms with van der Waals surface area (Å²) in [4.78, 5) is 2.76. The third kappa shape index (κ3) is 1.46. The van der Waals surface area contributed by atoms with Crippen LogP contribution in [0.4, 0.5) is 0 Å². The van der Waals surface area contributed by atoms with Crippen molar-refractivity contribution in [2.45, 2.75) is 51.5 Å². The van der Waals surface area contributed by atoms with Gasteiger partial charge < -0.3 is 5.73 Å². The molecule has 2 heteroatoms. The molecular weight excluding hydrogens is 196 g/mol. The lowest BCUT2D eigenvalue weighted by atomic mass is 9.79. The van der Waals surface area contributed by atoms with E-state index in [-0.39, 0.29) is 0 Å². The molecule has 3 aliphatic rings. The van der Waals surface area contributed by atoms with E-state index in [1.54, 1.807) is 0 Å². The fourth-order valence-electron chi connectivity index (χ4n) is 4.67. The number of hydrogen-bond acceptors (Lipinski definition) is 2. The Morgan fingerprint density at radius 2 is 2.12 bits per heavy atom. The van der Waals surface area contributed by atoms with Gasteiger partial charge in [-0.15, -0.1) is 0 Å². The van der Waals surface area contributed by atoms with Crippen LogP contribution in [0.3, 0.4) is 0 Å². The van der Waals surface area contributed by atoms with Gasteiger partial charge in [0.05, 0.1) is 0 Å². The van der Waals surface area contributed by atoms with Gasteiger partial charge in [0, 0.05) is 18.6 Å². The van der Waals surface area contributed by atoms with Crippen LogP contribution in [0.1, 0.15) is 46.0 Å². The number of nitrogens with zero attached hydrogens (tertiary/aromatic N) is 1. The predicted molar refractivity (Wildman–Crippen MR) is 67.2 cm³/mol. The number of likely N-dealkylation sites (tertiary alicyclic amines) is 1. The van der Waals surface area contributed by atoms with Gasteiger partial charge in [-0.05, 0) is 49.5 Å². The van der Waals surface area contributed by atoms with Gasteiger partial charge in [-0.2, -0.15) is 0 Å². The summed E-state index contributed by atoms with van der Waals surface area (Å²) in [5.74, 6) is 1.91. The van der Waals surface area contributed by atoms with Crippen LogP contribution in [0.5, 0.6) is 0 Å². The van der Waals surface area contributed by atoms with Gasteiger partial charge in [-0.3, -0.25) is 4.90 Å². The second kappa shape index (κ2) is 3.46. The van der Waals surface area contributed by atoms with Crippen molar-refractivity contribution in [3.63, 3.8) is 0 Å². The van der Waals surface area contributed by atoms with Crippen molar-refractivity contribution in [3.05, 3.63) is 0 Å². The van der Waals surface area contributed by atoms with Crippen molar-refractivity contribution in [2.24, 2.45) is 23.0 Å². The molecule has 3 rings (SSSR count). The zero-order valence-electron chi connectivity index (χ0n) is 10.8. The summed E-state index contributed by atoms with van der Waals surface area (Å²) in [6.07, 6.45) is 7.13. The van der Waals surface area contributed by atoms with Gasteiger partial charge in [0.25, 0.3) is 0 Å². The Hall–Kier alpha value is -0.0800. The lowest BCUT2D eigenvalue weighted by Crippen LogP contribution is -2.56. The molecule has 0 aromatic carbocycles. The number of hydrogen-bond donors (Lipinski definition) is 1. The summed E-state index contributed by atoms with van der Waals surface area (Å²) in [6, 6.07) is 0. The Morgan fingerprint density at radius 3 is 2.56 bits per heavy atom. The van der Waals surface area contributed by atoms with E-state index in [2.05, 4.69) is 18.7 Å². The normalized spacial score (nSPS) is 46.7. The average molecular weight is 222 g/mol. The Labute approximate surface area is 99.6 Å². The van der Waals surface area contributed by atoms with Crippen LogP contribution in [0.25, 0.3) is 0 Å². The molecule has 1 aliphatic heterocycles. The topological polar surface area (TPSA) is 29.3 Å². The van der Waals surface area contributed by atoms with E-state index in [9.17, 15) is 0 Å². The first-order valence-electron chi connectivity index (χ1n) is 7.01. The SMILES string of the molecule is CC1(C)CCN(C2(CN)CC3CCC2C3)C1. The molecule has 2 N–H and O–H groups in total. The van der Waals surface area contributed by atoms with Crippen LogP contribution in [-0.4, -0.2) is 30.1 Å². The number of nitrogens with two attached hydrogens (primary N) is 1. The van der Waals surface area contributed by atoms with Gasteiger partial charge in [-0.1, -0.05) is 20.3 Å². The number of fused-ring (bicyclic) bond motifs is 2. The van der Waals surface area contributed by atoms with Crippen LogP contribution in [-0.2, 0) is 0 Å². The summed E-state index contributed by atoms with van der Waals surface area (Å²) in [7, 11) is 0. The van der Waals surface area contributed by atoms with Crippen molar-refractivity contribution in [1.82, 2.24) is 4.90 Å². The fraction of sp³-hybridized carbons (Fsp3) is 1.00. The maximum Gasteiger partial charge on any atom is 0.0362 e. The molecule has 0 amide bonds. The van der Waals surface area contributed by atoms with E-state index in [1.807, 2.05) is 0 Å². The molecule has 3 atom stereocenters. The Balaban J connectivity index is 1.81. The molecule has 0 aromatic heterocycles. The van der Waals surface area contributed by atoms with Gasteiger partial charge in [0.15, 0.2) is 0 Å². The summed E-state index contributed by atoms with van der Waals surface area (Å²) < 4.78 is 0. The number of rotatable bonds is 2. The molecule has 2 nitrogen and oxygen atoms in total. The second-order valence-electron chi connectivity index (χ2n) is 7.22. The molecule has 1 saturated heterocycles. The quantitative estimate of drug-likeness (QED) is 0.776. The van der Waals surface area contributed by atoms with E-state index in [0.29, 0.717) is 11.0 Å². The van der Waals surface area contributed by atoms with Gasteiger partial charge in [0.1, 0.15) is 0 Å². The summed E-state index contributed by atoms with van der Waals surface area (Å²) >= 11 is 0. The van der Waals surface area contributed by atoms with Crippen LogP contribution in [0.2, 0.25) is 0 Å². The van der Waals surface area contributed by atoms with Crippen LogP contribution >= 0.6 is 0 Å². The predicted octanol–water partition coefficient (Wildman–Crippen LogP) is 2.24. The summed E-state index contributed by atoms with van der Waals surface area (Å²) in [5.41, 5.74) is 7.10. The summed E-state index contributed by atoms with van der Waals surface area (Å²) in [5, 5.41) is 0. The Bertz CT molecular complexity index is 286.